The zero-order chi connectivity index (χ0) is 15.1. The number of aromatic nitrogens is 1. The monoisotopic (exact) mass is 302 g/mol. The summed E-state index contributed by atoms with van der Waals surface area (Å²) < 4.78 is 5.63. The number of carbonyl (C=O) groups excluding carboxylic acids is 1. The highest BCUT2D eigenvalue weighted by atomic mass is 32.2. The van der Waals surface area contributed by atoms with Crippen molar-refractivity contribution in [1.29, 1.82) is 0 Å². The van der Waals surface area contributed by atoms with Crippen LogP contribution in [0.5, 0.6) is 5.75 Å². The molecule has 0 aliphatic rings. The Morgan fingerprint density at radius 3 is 2.71 bits per heavy atom. The van der Waals surface area contributed by atoms with Crippen LogP contribution in [0, 0.1) is 0 Å². The Hall–Kier alpha value is -2.01. The second-order valence-corrected chi connectivity index (χ2v) is 5.39. The van der Waals surface area contributed by atoms with E-state index < -0.39 is 6.10 Å². The van der Waals surface area contributed by atoms with Gasteiger partial charge in [-0.05, 0) is 49.1 Å². The maximum atomic E-state index is 12.0. The zero-order valence-electron chi connectivity index (χ0n) is 12.1. The Kier molecular flexibility index (Phi) is 5.63. The summed E-state index contributed by atoms with van der Waals surface area (Å²) in [6.45, 7) is 2.19. The number of hydrogen-bond acceptors (Lipinski definition) is 4. The summed E-state index contributed by atoms with van der Waals surface area (Å²) in [4.78, 5) is 17.2. The molecule has 4 nitrogen and oxygen atoms in total. The van der Waals surface area contributed by atoms with E-state index in [1.165, 1.54) is 0 Å². The summed E-state index contributed by atoms with van der Waals surface area (Å²) in [7, 11) is 0. The van der Waals surface area contributed by atoms with Gasteiger partial charge in [0.25, 0.3) is 5.91 Å². The second kappa shape index (κ2) is 7.69. The molecule has 2 rings (SSSR count). The van der Waals surface area contributed by atoms with Crippen molar-refractivity contribution in [3.63, 3.8) is 0 Å². The van der Waals surface area contributed by atoms with Gasteiger partial charge in [0, 0.05) is 23.8 Å². The third-order valence-electron chi connectivity index (χ3n) is 2.93. The summed E-state index contributed by atoms with van der Waals surface area (Å²) in [6.07, 6.45) is 4.91. The predicted octanol–water partition coefficient (Wildman–Crippen LogP) is 2.89. The molecular weight excluding hydrogens is 284 g/mol. The van der Waals surface area contributed by atoms with Crippen LogP contribution in [0.15, 0.2) is 53.7 Å². The van der Waals surface area contributed by atoms with Crippen LogP contribution >= 0.6 is 11.8 Å². The molecular formula is C16H18N2O2S. The first-order valence-corrected chi connectivity index (χ1v) is 7.89. The molecule has 1 N–H and O–H groups in total. The van der Waals surface area contributed by atoms with Crippen molar-refractivity contribution in [3.05, 3.63) is 54.4 Å². The van der Waals surface area contributed by atoms with Gasteiger partial charge in [-0.2, -0.15) is 0 Å². The van der Waals surface area contributed by atoms with Crippen LogP contribution in [0.2, 0.25) is 0 Å². The molecule has 0 radical (unpaired) electrons. The molecule has 2 aromatic rings. The van der Waals surface area contributed by atoms with Gasteiger partial charge in [0.15, 0.2) is 6.10 Å². The van der Waals surface area contributed by atoms with Gasteiger partial charge in [-0.15, -0.1) is 11.8 Å². The van der Waals surface area contributed by atoms with Crippen LogP contribution in [0.1, 0.15) is 12.5 Å². The third-order valence-corrected chi connectivity index (χ3v) is 3.67. The van der Waals surface area contributed by atoms with Crippen molar-refractivity contribution < 1.29 is 9.53 Å². The Labute approximate surface area is 128 Å². The van der Waals surface area contributed by atoms with E-state index in [-0.39, 0.29) is 5.91 Å². The van der Waals surface area contributed by atoms with Crippen molar-refractivity contribution in [2.24, 2.45) is 0 Å². The minimum atomic E-state index is -0.540. The van der Waals surface area contributed by atoms with Gasteiger partial charge in [-0.25, -0.2) is 0 Å². The van der Waals surface area contributed by atoms with E-state index in [1.54, 1.807) is 31.1 Å². The molecule has 0 spiro atoms. The molecule has 1 amide bonds. The largest absolute Gasteiger partial charge is 0.481 e. The number of ether oxygens (including phenoxy) is 1. The molecule has 0 bridgehead atoms. The maximum Gasteiger partial charge on any atom is 0.261 e. The van der Waals surface area contributed by atoms with Gasteiger partial charge in [-0.1, -0.05) is 6.07 Å². The van der Waals surface area contributed by atoms with Gasteiger partial charge in [-0.3, -0.25) is 9.78 Å². The van der Waals surface area contributed by atoms with Crippen LogP contribution in [-0.4, -0.2) is 23.3 Å². The number of rotatable bonds is 6. The molecule has 0 saturated heterocycles. The highest BCUT2D eigenvalue weighted by molar-refractivity contribution is 7.98. The first-order valence-electron chi connectivity index (χ1n) is 6.66. The molecule has 1 aromatic heterocycles. The van der Waals surface area contributed by atoms with Crippen molar-refractivity contribution >= 4 is 17.7 Å². The summed E-state index contributed by atoms with van der Waals surface area (Å²) in [5.41, 5.74) is 0.961. The number of nitrogens with one attached hydrogen (secondary N) is 1. The number of hydrogen-bond donors (Lipinski definition) is 1. The first kappa shape index (κ1) is 15.4. The van der Waals surface area contributed by atoms with Gasteiger partial charge < -0.3 is 10.1 Å². The minimum Gasteiger partial charge on any atom is -0.481 e. The fraction of sp³-hybridized carbons (Fsp3) is 0.250. The number of pyridine rings is 1. The van der Waals surface area contributed by atoms with Crippen molar-refractivity contribution in [1.82, 2.24) is 10.3 Å². The van der Waals surface area contributed by atoms with E-state index in [4.69, 9.17) is 4.74 Å². The van der Waals surface area contributed by atoms with E-state index in [0.717, 1.165) is 10.5 Å². The number of nitrogens with zero attached hydrogens (tertiary/aromatic N) is 1. The third kappa shape index (κ3) is 4.79. The van der Waals surface area contributed by atoms with E-state index in [9.17, 15) is 4.79 Å². The second-order valence-electron chi connectivity index (χ2n) is 4.51. The fourth-order valence-corrected chi connectivity index (χ4v) is 2.16. The summed E-state index contributed by atoms with van der Waals surface area (Å²) in [5, 5.41) is 2.83. The predicted molar refractivity (Wildman–Crippen MR) is 84.4 cm³/mol. The molecule has 110 valence electrons. The van der Waals surface area contributed by atoms with Gasteiger partial charge in [0.1, 0.15) is 5.75 Å². The van der Waals surface area contributed by atoms with Crippen LogP contribution in [0.3, 0.4) is 0 Å². The van der Waals surface area contributed by atoms with E-state index in [0.29, 0.717) is 12.3 Å². The molecule has 0 aliphatic heterocycles. The Morgan fingerprint density at radius 1 is 1.33 bits per heavy atom. The SMILES string of the molecule is CSc1ccc(O[C@@H](C)C(=O)NCc2cccnc2)cc1. The normalized spacial score (nSPS) is 11.7. The number of carbonyl (C=O) groups is 1. The van der Waals surface area contributed by atoms with Gasteiger partial charge in [0.05, 0.1) is 0 Å². The molecule has 1 heterocycles. The van der Waals surface area contributed by atoms with Crippen molar-refractivity contribution in [3.8, 4) is 5.75 Å². The van der Waals surface area contributed by atoms with E-state index >= 15 is 0 Å². The quantitative estimate of drug-likeness (QED) is 0.834. The van der Waals surface area contributed by atoms with Crippen LogP contribution in [0.4, 0.5) is 0 Å². The lowest BCUT2D eigenvalue weighted by Gasteiger charge is -2.15. The van der Waals surface area contributed by atoms with Crippen molar-refractivity contribution in [2.45, 2.75) is 24.5 Å². The highest BCUT2D eigenvalue weighted by Crippen LogP contribution is 2.19. The Balaban J connectivity index is 1.84. The molecule has 0 unspecified atom stereocenters. The summed E-state index contributed by atoms with van der Waals surface area (Å²) in [5.74, 6) is 0.546. The summed E-state index contributed by atoms with van der Waals surface area (Å²) in [6, 6.07) is 11.4. The average Bonchev–Trinajstić information content (AvgIpc) is 2.54. The molecule has 0 aliphatic carbocycles. The van der Waals surface area contributed by atoms with E-state index in [1.807, 2.05) is 42.7 Å². The molecule has 1 atom stereocenters. The smallest absolute Gasteiger partial charge is 0.261 e. The molecule has 21 heavy (non-hydrogen) atoms. The molecule has 5 heteroatoms. The lowest BCUT2D eigenvalue weighted by atomic mass is 10.2. The lowest BCUT2D eigenvalue weighted by Crippen LogP contribution is -2.35. The number of amides is 1. The number of benzene rings is 1. The standard InChI is InChI=1S/C16H18N2O2S/c1-12(20-14-5-7-15(21-2)8-6-14)16(19)18-11-13-4-3-9-17-10-13/h3-10,12H,11H2,1-2H3,(H,18,19)/t12-/m0/s1. The average molecular weight is 302 g/mol. The maximum absolute atomic E-state index is 12.0. The molecule has 0 fully saturated rings. The molecule has 0 saturated carbocycles. The fourth-order valence-electron chi connectivity index (χ4n) is 1.75. The van der Waals surface area contributed by atoms with Crippen LogP contribution in [-0.2, 0) is 11.3 Å². The number of thioether (sulfide) groups is 1. The first-order chi connectivity index (χ1) is 10.2. The van der Waals surface area contributed by atoms with Gasteiger partial charge in [0.2, 0.25) is 0 Å². The van der Waals surface area contributed by atoms with Crippen molar-refractivity contribution in [2.75, 3.05) is 6.26 Å². The highest BCUT2D eigenvalue weighted by Gasteiger charge is 2.14. The van der Waals surface area contributed by atoms with E-state index in [2.05, 4.69) is 10.3 Å². The summed E-state index contributed by atoms with van der Waals surface area (Å²) >= 11 is 1.67. The topological polar surface area (TPSA) is 51.2 Å². The Morgan fingerprint density at radius 2 is 2.10 bits per heavy atom. The minimum absolute atomic E-state index is 0.146. The van der Waals surface area contributed by atoms with Crippen LogP contribution < -0.4 is 10.1 Å². The van der Waals surface area contributed by atoms with Crippen LogP contribution in [0.25, 0.3) is 0 Å². The van der Waals surface area contributed by atoms with Gasteiger partial charge >= 0.3 is 0 Å². The zero-order valence-corrected chi connectivity index (χ0v) is 12.9. The molecule has 1 aromatic carbocycles. The lowest BCUT2D eigenvalue weighted by molar-refractivity contribution is -0.127. The Bertz CT molecular complexity index is 573.